The average Bonchev–Trinajstić information content (AvgIpc) is 2.97. The highest BCUT2D eigenvalue weighted by Gasteiger charge is 2.48. The van der Waals surface area contributed by atoms with Crippen LogP contribution in [0.4, 0.5) is 0 Å². The first-order valence-electron chi connectivity index (χ1n) is 6.47. The number of halogens is 1. The lowest BCUT2D eigenvalue weighted by molar-refractivity contribution is 0.448. The average molecular weight is 335 g/mol. The van der Waals surface area contributed by atoms with Gasteiger partial charge in [-0.25, -0.2) is 0 Å². The molecule has 0 saturated heterocycles. The first-order chi connectivity index (χ1) is 9.38. The predicted molar refractivity (Wildman–Crippen MR) is 80.8 cm³/mol. The van der Waals surface area contributed by atoms with Crippen LogP contribution in [0, 0.1) is 5.41 Å². The molecule has 1 heterocycles. The van der Waals surface area contributed by atoms with E-state index in [9.17, 15) is 9.90 Å². The van der Waals surface area contributed by atoms with E-state index in [1.807, 2.05) is 12.1 Å². The molecule has 0 spiro atoms. The van der Waals surface area contributed by atoms with Crippen LogP contribution < -0.4 is 5.56 Å². The molecule has 0 bridgehead atoms. The standard InChI is InChI=1S/C15H15BrN2O2/c1-15(2)7-10(15)12-17-13(19)11(14(20)18-12)8-4-3-5-9(16)6-8/h3-6,10H,7H2,1-2H3,(H2,17,18,19,20). The third-order valence-electron chi connectivity index (χ3n) is 3.88. The van der Waals surface area contributed by atoms with Crippen molar-refractivity contribution >= 4 is 15.9 Å². The van der Waals surface area contributed by atoms with Gasteiger partial charge in [-0.15, -0.1) is 0 Å². The van der Waals surface area contributed by atoms with Gasteiger partial charge in [0.2, 0.25) is 5.88 Å². The van der Waals surface area contributed by atoms with Crippen molar-refractivity contribution < 1.29 is 5.11 Å². The number of nitrogens with zero attached hydrogens (tertiary/aromatic N) is 1. The Labute approximate surface area is 125 Å². The number of benzene rings is 1. The molecule has 20 heavy (non-hydrogen) atoms. The van der Waals surface area contributed by atoms with Crippen LogP contribution in [-0.2, 0) is 0 Å². The van der Waals surface area contributed by atoms with Crippen LogP contribution in [0.25, 0.3) is 11.1 Å². The number of aromatic amines is 1. The summed E-state index contributed by atoms with van der Waals surface area (Å²) in [6, 6.07) is 7.24. The Kier molecular flexibility index (Phi) is 2.97. The van der Waals surface area contributed by atoms with Crippen molar-refractivity contribution in [3.05, 3.63) is 44.9 Å². The van der Waals surface area contributed by atoms with Gasteiger partial charge in [0.1, 0.15) is 11.4 Å². The molecule has 1 fully saturated rings. The lowest BCUT2D eigenvalue weighted by Crippen LogP contribution is -2.14. The Morgan fingerprint density at radius 2 is 2.15 bits per heavy atom. The summed E-state index contributed by atoms with van der Waals surface area (Å²) < 4.78 is 0.848. The van der Waals surface area contributed by atoms with Gasteiger partial charge in [-0.05, 0) is 29.5 Å². The number of hydrogen-bond acceptors (Lipinski definition) is 3. The van der Waals surface area contributed by atoms with Gasteiger partial charge in [0, 0.05) is 10.4 Å². The summed E-state index contributed by atoms with van der Waals surface area (Å²) in [5.74, 6) is 0.596. The topological polar surface area (TPSA) is 66.0 Å². The maximum absolute atomic E-state index is 12.2. The maximum Gasteiger partial charge on any atom is 0.262 e. The molecule has 104 valence electrons. The van der Waals surface area contributed by atoms with E-state index >= 15 is 0 Å². The zero-order valence-corrected chi connectivity index (χ0v) is 12.9. The first-order valence-corrected chi connectivity index (χ1v) is 7.27. The number of aromatic nitrogens is 2. The van der Waals surface area contributed by atoms with E-state index in [4.69, 9.17) is 0 Å². The molecule has 1 atom stereocenters. The zero-order chi connectivity index (χ0) is 14.5. The minimum absolute atomic E-state index is 0.152. The van der Waals surface area contributed by atoms with Crippen LogP contribution in [0.1, 0.15) is 32.0 Å². The van der Waals surface area contributed by atoms with E-state index < -0.39 is 0 Å². The fourth-order valence-corrected chi connectivity index (χ4v) is 2.88. The number of aromatic hydroxyl groups is 1. The van der Waals surface area contributed by atoms with E-state index in [0.717, 1.165) is 10.9 Å². The van der Waals surface area contributed by atoms with Crippen molar-refractivity contribution in [2.45, 2.75) is 26.2 Å². The van der Waals surface area contributed by atoms with Crippen LogP contribution in [-0.4, -0.2) is 15.1 Å². The first kappa shape index (κ1) is 13.4. The molecule has 0 radical (unpaired) electrons. The largest absolute Gasteiger partial charge is 0.493 e. The highest BCUT2D eigenvalue weighted by atomic mass is 79.9. The van der Waals surface area contributed by atoms with E-state index in [2.05, 4.69) is 39.7 Å². The van der Waals surface area contributed by atoms with Gasteiger partial charge in [-0.1, -0.05) is 41.9 Å². The highest BCUT2D eigenvalue weighted by molar-refractivity contribution is 9.10. The third kappa shape index (κ3) is 2.26. The van der Waals surface area contributed by atoms with Crippen molar-refractivity contribution in [1.29, 1.82) is 0 Å². The SMILES string of the molecule is CC1(C)CC1c1nc(O)c(-c2cccc(Br)c2)c(=O)[nH]1. The summed E-state index contributed by atoms with van der Waals surface area (Å²) >= 11 is 3.36. The second-order valence-corrected chi connectivity index (χ2v) is 6.82. The molecule has 1 unspecified atom stereocenters. The molecule has 1 aliphatic rings. The molecule has 4 nitrogen and oxygen atoms in total. The van der Waals surface area contributed by atoms with E-state index in [-0.39, 0.29) is 28.3 Å². The fraction of sp³-hybridized carbons (Fsp3) is 0.333. The van der Waals surface area contributed by atoms with Gasteiger partial charge in [-0.2, -0.15) is 4.98 Å². The predicted octanol–water partition coefficient (Wildman–Crippen LogP) is 3.42. The van der Waals surface area contributed by atoms with Crippen molar-refractivity contribution in [3.63, 3.8) is 0 Å². The van der Waals surface area contributed by atoms with Crippen molar-refractivity contribution in [2.24, 2.45) is 5.41 Å². The Morgan fingerprint density at radius 1 is 1.45 bits per heavy atom. The highest BCUT2D eigenvalue weighted by Crippen LogP contribution is 2.57. The van der Waals surface area contributed by atoms with Crippen molar-refractivity contribution in [1.82, 2.24) is 9.97 Å². The van der Waals surface area contributed by atoms with Gasteiger partial charge in [0.05, 0.1) is 0 Å². The summed E-state index contributed by atoms with van der Waals surface area (Å²) in [7, 11) is 0. The van der Waals surface area contributed by atoms with Crippen molar-refractivity contribution in [3.8, 4) is 17.0 Å². The Bertz CT molecular complexity index is 737. The van der Waals surface area contributed by atoms with E-state index in [1.165, 1.54) is 0 Å². The number of nitrogens with one attached hydrogen (secondary N) is 1. The van der Waals surface area contributed by atoms with Gasteiger partial charge >= 0.3 is 0 Å². The lowest BCUT2D eigenvalue weighted by Gasteiger charge is -2.07. The molecule has 1 aromatic carbocycles. The summed E-state index contributed by atoms with van der Waals surface area (Å²) in [6.07, 6.45) is 0.978. The van der Waals surface area contributed by atoms with Gasteiger partial charge in [0.15, 0.2) is 0 Å². The normalized spacial score (nSPS) is 19.9. The smallest absolute Gasteiger partial charge is 0.262 e. The minimum Gasteiger partial charge on any atom is -0.493 e. The molecule has 0 aliphatic heterocycles. The Morgan fingerprint density at radius 3 is 2.70 bits per heavy atom. The molecule has 0 amide bonds. The van der Waals surface area contributed by atoms with E-state index in [1.54, 1.807) is 12.1 Å². The molecular weight excluding hydrogens is 320 g/mol. The number of rotatable bonds is 2. The zero-order valence-electron chi connectivity index (χ0n) is 11.3. The summed E-state index contributed by atoms with van der Waals surface area (Å²) in [5, 5.41) is 10.1. The van der Waals surface area contributed by atoms with Crippen LogP contribution in [0.3, 0.4) is 0 Å². The minimum atomic E-state index is -0.298. The van der Waals surface area contributed by atoms with Crippen molar-refractivity contribution in [2.75, 3.05) is 0 Å². The second kappa shape index (κ2) is 4.45. The molecule has 1 saturated carbocycles. The fourth-order valence-electron chi connectivity index (χ4n) is 2.48. The van der Waals surface area contributed by atoms with Crippen LogP contribution >= 0.6 is 15.9 Å². The Hall–Kier alpha value is -1.62. The molecule has 3 rings (SSSR count). The van der Waals surface area contributed by atoms with Crippen LogP contribution in [0.2, 0.25) is 0 Å². The molecule has 5 heteroatoms. The molecule has 2 aromatic rings. The summed E-state index contributed by atoms with van der Waals surface area (Å²) in [6.45, 7) is 4.24. The monoisotopic (exact) mass is 334 g/mol. The number of hydrogen-bond donors (Lipinski definition) is 2. The maximum atomic E-state index is 12.2. The number of H-pyrrole nitrogens is 1. The van der Waals surface area contributed by atoms with Gasteiger partial charge < -0.3 is 10.1 Å². The summed E-state index contributed by atoms with van der Waals surface area (Å²) in [4.78, 5) is 19.2. The molecule has 1 aromatic heterocycles. The quantitative estimate of drug-likeness (QED) is 0.884. The second-order valence-electron chi connectivity index (χ2n) is 5.91. The molecule has 1 aliphatic carbocycles. The van der Waals surface area contributed by atoms with E-state index in [0.29, 0.717) is 11.4 Å². The lowest BCUT2D eigenvalue weighted by atomic mass is 10.1. The third-order valence-corrected chi connectivity index (χ3v) is 4.37. The van der Waals surface area contributed by atoms with Crippen LogP contribution in [0.15, 0.2) is 33.5 Å². The Balaban J connectivity index is 2.08. The molecular formula is C15H15BrN2O2. The molecule has 2 N–H and O–H groups in total. The van der Waals surface area contributed by atoms with Gasteiger partial charge in [0.25, 0.3) is 5.56 Å². The van der Waals surface area contributed by atoms with Gasteiger partial charge in [-0.3, -0.25) is 4.79 Å². The summed E-state index contributed by atoms with van der Waals surface area (Å²) in [5.41, 5.74) is 0.716. The van der Waals surface area contributed by atoms with Crippen LogP contribution in [0.5, 0.6) is 5.88 Å².